The van der Waals surface area contributed by atoms with Crippen LogP contribution in [-0.2, 0) is 6.54 Å². The van der Waals surface area contributed by atoms with Gasteiger partial charge in [-0.25, -0.2) is 0 Å². The van der Waals surface area contributed by atoms with Gasteiger partial charge in [-0.2, -0.15) is 13.9 Å². The number of nitrogens with one attached hydrogen (secondary N) is 1. The van der Waals surface area contributed by atoms with Gasteiger partial charge in [0.1, 0.15) is 0 Å². The summed E-state index contributed by atoms with van der Waals surface area (Å²) in [6, 6.07) is 9.62. The smallest absolute Gasteiger partial charge is 0.387 e. The Hall–Kier alpha value is -3.82. The topological polar surface area (TPSA) is 83.8 Å². The van der Waals surface area contributed by atoms with E-state index in [9.17, 15) is 13.6 Å². The first-order chi connectivity index (χ1) is 15.9. The fraction of sp³-hybridized carbons (Fsp3) is 0.304. The molecule has 176 valence electrons. The van der Waals surface area contributed by atoms with Crippen LogP contribution in [0.4, 0.5) is 14.5 Å². The van der Waals surface area contributed by atoms with E-state index in [1.165, 1.54) is 31.5 Å². The van der Waals surface area contributed by atoms with E-state index in [4.69, 9.17) is 14.2 Å². The van der Waals surface area contributed by atoms with Crippen molar-refractivity contribution in [3.05, 3.63) is 59.9 Å². The molecular formula is C23H25F2N3O5. The Kier molecular flexibility index (Phi) is 8.06. The standard InChI is InChI=1S/C23H25F2N3O5/c1-4-31-18-8-6-15(10-21(18)32-5-2)13-28-14-17(12-26-28)27-22(29)16-7-9-19(33-23(24)25)20(11-16)30-3/h6-12,14,23H,4-5,13H2,1-3H3,(H,27,29). The molecule has 1 aromatic heterocycles. The summed E-state index contributed by atoms with van der Waals surface area (Å²) in [6.45, 7) is 2.32. The van der Waals surface area contributed by atoms with E-state index in [0.717, 1.165) is 5.56 Å². The molecule has 3 aromatic rings. The highest BCUT2D eigenvalue weighted by Crippen LogP contribution is 2.30. The number of alkyl halides is 2. The third-order valence-electron chi connectivity index (χ3n) is 4.49. The maximum Gasteiger partial charge on any atom is 0.387 e. The molecule has 1 amide bonds. The average Bonchev–Trinajstić information content (AvgIpc) is 3.22. The van der Waals surface area contributed by atoms with E-state index in [1.807, 2.05) is 32.0 Å². The van der Waals surface area contributed by atoms with Crippen molar-refractivity contribution < 1.29 is 32.5 Å². The number of methoxy groups -OCH3 is 1. The molecule has 33 heavy (non-hydrogen) atoms. The first-order valence-electron chi connectivity index (χ1n) is 10.3. The number of halogens is 2. The van der Waals surface area contributed by atoms with Crippen molar-refractivity contribution >= 4 is 11.6 Å². The zero-order chi connectivity index (χ0) is 23.8. The lowest BCUT2D eigenvalue weighted by atomic mass is 10.2. The molecule has 0 saturated heterocycles. The van der Waals surface area contributed by atoms with Crippen molar-refractivity contribution in [3.8, 4) is 23.0 Å². The van der Waals surface area contributed by atoms with E-state index < -0.39 is 12.5 Å². The van der Waals surface area contributed by atoms with Crippen LogP contribution in [-0.4, -0.2) is 42.6 Å². The maximum atomic E-state index is 12.6. The summed E-state index contributed by atoms with van der Waals surface area (Å²) in [5, 5.41) is 7.00. The van der Waals surface area contributed by atoms with Crippen molar-refractivity contribution in [2.75, 3.05) is 25.6 Å². The zero-order valence-corrected chi connectivity index (χ0v) is 18.5. The van der Waals surface area contributed by atoms with Gasteiger partial charge < -0.3 is 24.3 Å². The number of nitrogens with zero attached hydrogens (tertiary/aromatic N) is 2. The number of benzene rings is 2. The summed E-state index contributed by atoms with van der Waals surface area (Å²) >= 11 is 0. The summed E-state index contributed by atoms with van der Waals surface area (Å²) in [6.07, 6.45) is 3.20. The molecule has 0 unspecified atom stereocenters. The van der Waals surface area contributed by atoms with Crippen molar-refractivity contribution in [2.45, 2.75) is 27.0 Å². The monoisotopic (exact) mass is 461 g/mol. The lowest BCUT2D eigenvalue weighted by molar-refractivity contribution is -0.0512. The van der Waals surface area contributed by atoms with Gasteiger partial charge in [-0.3, -0.25) is 9.48 Å². The van der Waals surface area contributed by atoms with E-state index in [1.54, 1.807) is 10.9 Å². The van der Waals surface area contributed by atoms with Gasteiger partial charge in [0.15, 0.2) is 23.0 Å². The summed E-state index contributed by atoms with van der Waals surface area (Å²) < 4.78 is 47.3. The van der Waals surface area contributed by atoms with Crippen LogP contribution in [0.15, 0.2) is 48.8 Å². The molecule has 1 heterocycles. The van der Waals surface area contributed by atoms with E-state index in [-0.39, 0.29) is 17.1 Å². The third-order valence-corrected chi connectivity index (χ3v) is 4.49. The molecule has 0 aliphatic heterocycles. The Balaban J connectivity index is 1.68. The van der Waals surface area contributed by atoms with Crippen molar-refractivity contribution in [3.63, 3.8) is 0 Å². The molecule has 0 spiro atoms. The quantitative estimate of drug-likeness (QED) is 0.450. The van der Waals surface area contributed by atoms with Gasteiger partial charge >= 0.3 is 6.61 Å². The summed E-state index contributed by atoms with van der Waals surface area (Å²) in [7, 11) is 1.30. The molecule has 0 atom stereocenters. The highest BCUT2D eigenvalue weighted by molar-refractivity contribution is 6.04. The number of ether oxygens (including phenoxy) is 4. The average molecular weight is 461 g/mol. The molecule has 0 aliphatic rings. The van der Waals surface area contributed by atoms with E-state index in [2.05, 4.69) is 15.2 Å². The van der Waals surface area contributed by atoms with Crippen molar-refractivity contribution in [1.29, 1.82) is 0 Å². The molecule has 1 N–H and O–H groups in total. The van der Waals surface area contributed by atoms with Gasteiger partial charge in [0, 0.05) is 11.8 Å². The highest BCUT2D eigenvalue weighted by Gasteiger charge is 2.15. The molecule has 3 rings (SSSR count). The van der Waals surface area contributed by atoms with Crippen LogP contribution in [0.3, 0.4) is 0 Å². The van der Waals surface area contributed by atoms with Crippen LogP contribution < -0.4 is 24.3 Å². The second-order valence-corrected chi connectivity index (χ2v) is 6.77. The van der Waals surface area contributed by atoms with Gasteiger partial charge in [0.25, 0.3) is 5.91 Å². The molecule has 8 nitrogen and oxygen atoms in total. The number of anilines is 1. The van der Waals surface area contributed by atoms with Gasteiger partial charge in [0.2, 0.25) is 0 Å². The minimum Gasteiger partial charge on any atom is -0.493 e. The minimum atomic E-state index is -3.00. The molecule has 0 radical (unpaired) electrons. The lowest BCUT2D eigenvalue weighted by Gasteiger charge is -2.12. The second kappa shape index (κ2) is 11.2. The lowest BCUT2D eigenvalue weighted by Crippen LogP contribution is -2.12. The molecule has 0 fully saturated rings. The van der Waals surface area contributed by atoms with Crippen LogP contribution in [0.2, 0.25) is 0 Å². The van der Waals surface area contributed by atoms with Crippen LogP contribution in [0.1, 0.15) is 29.8 Å². The Labute approximate surface area is 190 Å². The number of aromatic nitrogens is 2. The summed E-state index contributed by atoms with van der Waals surface area (Å²) in [5.74, 6) is 0.761. The van der Waals surface area contributed by atoms with Crippen molar-refractivity contribution in [2.24, 2.45) is 0 Å². The molecule has 2 aromatic carbocycles. The normalized spacial score (nSPS) is 10.7. The minimum absolute atomic E-state index is 0.0271. The van der Waals surface area contributed by atoms with Gasteiger partial charge in [-0.1, -0.05) is 6.07 Å². The van der Waals surface area contributed by atoms with Crippen LogP contribution in [0.5, 0.6) is 23.0 Å². The van der Waals surface area contributed by atoms with Crippen LogP contribution >= 0.6 is 0 Å². The zero-order valence-electron chi connectivity index (χ0n) is 18.5. The van der Waals surface area contributed by atoms with Crippen LogP contribution in [0.25, 0.3) is 0 Å². The Morgan fingerprint density at radius 3 is 2.45 bits per heavy atom. The largest absolute Gasteiger partial charge is 0.493 e. The number of carbonyl (C=O) groups is 1. The number of carbonyl (C=O) groups excluding carboxylic acids is 1. The Morgan fingerprint density at radius 1 is 1.03 bits per heavy atom. The van der Waals surface area contributed by atoms with Gasteiger partial charge in [-0.15, -0.1) is 0 Å². The van der Waals surface area contributed by atoms with Crippen LogP contribution in [0, 0.1) is 0 Å². The molecule has 0 saturated carbocycles. The molecule has 0 bridgehead atoms. The van der Waals surface area contributed by atoms with E-state index >= 15 is 0 Å². The number of hydrogen-bond donors (Lipinski definition) is 1. The fourth-order valence-electron chi connectivity index (χ4n) is 3.10. The summed E-state index contributed by atoms with van der Waals surface area (Å²) in [5.41, 5.74) is 1.64. The Bertz CT molecular complexity index is 1090. The third kappa shape index (κ3) is 6.34. The number of hydrogen-bond acceptors (Lipinski definition) is 6. The number of amides is 1. The first kappa shape index (κ1) is 23.8. The SMILES string of the molecule is CCOc1ccc(Cn2cc(NC(=O)c3ccc(OC(F)F)c(OC)c3)cn2)cc1OCC. The predicted molar refractivity (Wildman–Crippen MR) is 118 cm³/mol. The van der Waals surface area contributed by atoms with E-state index in [0.29, 0.717) is 36.9 Å². The number of rotatable bonds is 11. The molecular weight excluding hydrogens is 436 g/mol. The Morgan fingerprint density at radius 2 is 1.76 bits per heavy atom. The summed E-state index contributed by atoms with van der Waals surface area (Å²) in [4.78, 5) is 12.6. The predicted octanol–water partition coefficient (Wildman–Crippen LogP) is 4.59. The maximum absolute atomic E-state index is 12.6. The molecule has 0 aliphatic carbocycles. The highest BCUT2D eigenvalue weighted by atomic mass is 19.3. The van der Waals surface area contributed by atoms with Gasteiger partial charge in [-0.05, 0) is 49.7 Å². The first-order valence-corrected chi connectivity index (χ1v) is 10.3. The molecule has 10 heteroatoms. The second-order valence-electron chi connectivity index (χ2n) is 6.77. The van der Waals surface area contributed by atoms with Gasteiger partial charge in [0.05, 0.1) is 38.8 Å². The van der Waals surface area contributed by atoms with Crippen molar-refractivity contribution in [1.82, 2.24) is 9.78 Å². The fourth-order valence-corrected chi connectivity index (χ4v) is 3.10.